The summed E-state index contributed by atoms with van der Waals surface area (Å²) >= 11 is 0. The van der Waals surface area contributed by atoms with Crippen molar-refractivity contribution in [2.75, 3.05) is 14.2 Å². The highest BCUT2D eigenvalue weighted by Gasteiger charge is 2.35. The molecule has 0 spiro atoms. The lowest BCUT2D eigenvalue weighted by atomic mass is 9.75. The van der Waals surface area contributed by atoms with Gasteiger partial charge in [-0.15, -0.1) is 0 Å². The summed E-state index contributed by atoms with van der Waals surface area (Å²) in [6, 6.07) is 7.31. The van der Waals surface area contributed by atoms with E-state index < -0.39 is 0 Å². The maximum atomic E-state index is 12.5. The highest BCUT2D eigenvalue weighted by atomic mass is 16.5. The van der Waals surface area contributed by atoms with E-state index in [0.29, 0.717) is 18.0 Å². The molecule has 1 aromatic carbocycles. The van der Waals surface area contributed by atoms with E-state index in [9.17, 15) is 4.79 Å². The van der Waals surface area contributed by atoms with E-state index in [4.69, 9.17) is 13.9 Å². The Morgan fingerprint density at radius 1 is 1.26 bits per heavy atom. The van der Waals surface area contributed by atoms with Gasteiger partial charge in [-0.3, -0.25) is 0 Å². The van der Waals surface area contributed by atoms with Crippen molar-refractivity contribution in [1.82, 2.24) is 10.6 Å². The Morgan fingerprint density at radius 2 is 2.04 bits per heavy atom. The van der Waals surface area contributed by atoms with Crippen LogP contribution in [0.5, 0.6) is 11.5 Å². The molecule has 2 aromatic rings. The lowest BCUT2D eigenvalue weighted by Crippen LogP contribution is -2.41. The van der Waals surface area contributed by atoms with Gasteiger partial charge in [-0.2, -0.15) is 0 Å². The molecule has 6 heteroatoms. The van der Waals surface area contributed by atoms with Crippen LogP contribution in [-0.2, 0) is 13.0 Å². The fourth-order valence-corrected chi connectivity index (χ4v) is 3.70. The van der Waals surface area contributed by atoms with Crippen LogP contribution in [0.2, 0.25) is 0 Å². The molecule has 1 heterocycles. The molecule has 2 amide bonds. The summed E-state index contributed by atoms with van der Waals surface area (Å²) in [5.41, 5.74) is 2.05. The number of ether oxygens (including phenoxy) is 2. The molecule has 0 fully saturated rings. The molecule has 1 unspecified atom stereocenters. The predicted octanol–water partition coefficient (Wildman–Crippen LogP) is 4.12. The van der Waals surface area contributed by atoms with Gasteiger partial charge in [0.15, 0.2) is 0 Å². The van der Waals surface area contributed by atoms with Crippen LogP contribution in [0.25, 0.3) is 0 Å². The minimum absolute atomic E-state index is 0.0565. The smallest absolute Gasteiger partial charge is 0.315 e. The van der Waals surface area contributed by atoms with Crippen LogP contribution in [0.15, 0.2) is 28.7 Å². The Kier molecular flexibility index (Phi) is 5.35. The Morgan fingerprint density at radius 3 is 2.74 bits per heavy atom. The molecule has 0 radical (unpaired) electrons. The number of rotatable bonds is 5. The molecule has 1 atom stereocenters. The molecule has 146 valence electrons. The van der Waals surface area contributed by atoms with Crippen molar-refractivity contribution in [2.24, 2.45) is 5.41 Å². The van der Waals surface area contributed by atoms with Crippen molar-refractivity contribution in [1.29, 1.82) is 0 Å². The predicted molar refractivity (Wildman–Crippen MR) is 103 cm³/mol. The zero-order valence-electron chi connectivity index (χ0n) is 16.6. The molecule has 0 aliphatic heterocycles. The first-order valence-corrected chi connectivity index (χ1v) is 9.16. The van der Waals surface area contributed by atoms with E-state index in [1.54, 1.807) is 20.3 Å². The molecule has 3 rings (SSSR count). The van der Waals surface area contributed by atoms with Gasteiger partial charge in [-0.05, 0) is 37.0 Å². The lowest BCUT2D eigenvalue weighted by molar-refractivity contribution is 0.214. The van der Waals surface area contributed by atoms with E-state index in [1.165, 1.54) is 0 Å². The van der Waals surface area contributed by atoms with Crippen LogP contribution in [0.4, 0.5) is 4.79 Å². The van der Waals surface area contributed by atoms with Crippen LogP contribution < -0.4 is 20.1 Å². The quantitative estimate of drug-likeness (QED) is 0.828. The number of urea groups is 1. The summed E-state index contributed by atoms with van der Waals surface area (Å²) in [5.74, 6) is 3.26. The number of hydrogen-bond donors (Lipinski definition) is 2. The van der Waals surface area contributed by atoms with Gasteiger partial charge in [0, 0.05) is 30.2 Å². The van der Waals surface area contributed by atoms with E-state index >= 15 is 0 Å². The molecule has 27 heavy (non-hydrogen) atoms. The number of carbonyl (C=O) groups excluding carboxylic acids is 1. The molecule has 1 aliphatic rings. The van der Waals surface area contributed by atoms with Gasteiger partial charge in [-0.1, -0.05) is 13.8 Å². The highest BCUT2D eigenvalue weighted by Crippen LogP contribution is 2.41. The van der Waals surface area contributed by atoms with Crippen LogP contribution in [-0.4, -0.2) is 20.3 Å². The average molecular weight is 372 g/mol. The maximum absolute atomic E-state index is 12.5. The molecular weight excluding hydrogens is 344 g/mol. The van der Waals surface area contributed by atoms with Gasteiger partial charge in [-0.25, -0.2) is 4.79 Å². The number of hydrogen-bond acceptors (Lipinski definition) is 4. The van der Waals surface area contributed by atoms with E-state index in [-0.39, 0.29) is 17.5 Å². The van der Waals surface area contributed by atoms with Gasteiger partial charge >= 0.3 is 6.03 Å². The molecule has 2 N–H and O–H groups in total. The number of methoxy groups -OCH3 is 2. The summed E-state index contributed by atoms with van der Waals surface area (Å²) in [7, 11) is 3.21. The third-order valence-electron chi connectivity index (χ3n) is 4.98. The summed E-state index contributed by atoms with van der Waals surface area (Å²) in [4.78, 5) is 12.5. The molecular formula is C21H28N2O4. The average Bonchev–Trinajstić information content (AvgIpc) is 2.98. The SMILES string of the molecule is COc1ccc(CNC(=O)NC2CC(C)(C)Cc3oc(C)cc32)c(OC)c1. The van der Waals surface area contributed by atoms with Crippen LogP contribution in [0.1, 0.15) is 49.0 Å². The molecule has 0 saturated carbocycles. The second-order valence-corrected chi connectivity index (χ2v) is 7.84. The third kappa shape index (κ3) is 4.38. The fourth-order valence-electron chi connectivity index (χ4n) is 3.70. The summed E-state index contributed by atoms with van der Waals surface area (Å²) < 4.78 is 16.4. The maximum Gasteiger partial charge on any atom is 0.315 e. The van der Waals surface area contributed by atoms with Crippen molar-refractivity contribution >= 4 is 6.03 Å². The molecule has 6 nitrogen and oxygen atoms in total. The Labute approximate surface area is 160 Å². The zero-order chi connectivity index (χ0) is 19.6. The number of fused-ring (bicyclic) bond motifs is 1. The first-order valence-electron chi connectivity index (χ1n) is 9.16. The van der Waals surface area contributed by atoms with Gasteiger partial charge in [0.1, 0.15) is 23.0 Å². The second kappa shape index (κ2) is 7.55. The first kappa shape index (κ1) is 19.1. The van der Waals surface area contributed by atoms with Gasteiger partial charge in [0.25, 0.3) is 0 Å². The number of amides is 2. The van der Waals surface area contributed by atoms with Crippen LogP contribution >= 0.6 is 0 Å². The minimum Gasteiger partial charge on any atom is -0.497 e. The van der Waals surface area contributed by atoms with Gasteiger partial charge < -0.3 is 24.5 Å². The number of furan rings is 1. The second-order valence-electron chi connectivity index (χ2n) is 7.84. The highest BCUT2D eigenvalue weighted by molar-refractivity contribution is 5.74. The Balaban J connectivity index is 1.66. The van der Waals surface area contributed by atoms with Gasteiger partial charge in [0.05, 0.1) is 20.3 Å². The van der Waals surface area contributed by atoms with Crippen molar-refractivity contribution in [2.45, 2.75) is 46.2 Å². The summed E-state index contributed by atoms with van der Waals surface area (Å²) in [6.45, 7) is 6.70. The fraction of sp³-hybridized carbons (Fsp3) is 0.476. The van der Waals surface area contributed by atoms with Crippen molar-refractivity contribution in [3.63, 3.8) is 0 Å². The van der Waals surface area contributed by atoms with Crippen LogP contribution in [0, 0.1) is 12.3 Å². The number of benzene rings is 1. The summed E-state index contributed by atoms with van der Waals surface area (Å²) in [6.07, 6.45) is 1.76. The zero-order valence-corrected chi connectivity index (χ0v) is 16.6. The largest absolute Gasteiger partial charge is 0.497 e. The van der Waals surface area contributed by atoms with Crippen molar-refractivity contribution < 1.29 is 18.7 Å². The third-order valence-corrected chi connectivity index (χ3v) is 4.98. The topological polar surface area (TPSA) is 72.7 Å². The van der Waals surface area contributed by atoms with Crippen molar-refractivity contribution in [3.8, 4) is 11.5 Å². The van der Waals surface area contributed by atoms with Crippen molar-refractivity contribution in [3.05, 3.63) is 46.9 Å². The summed E-state index contributed by atoms with van der Waals surface area (Å²) in [5, 5.41) is 6.02. The molecule has 0 saturated heterocycles. The number of aryl methyl sites for hydroxylation is 1. The van der Waals surface area contributed by atoms with Gasteiger partial charge in [0.2, 0.25) is 0 Å². The molecule has 1 aliphatic carbocycles. The minimum atomic E-state index is -0.208. The standard InChI is InChI=1S/C21H28N2O4/c1-13-8-16-17(10-21(2,3)11-19(16)27-13)23-20(24)22-12-14-6-7-15(25-4)9-18(14)26-5/h6-9,17H,10-12H2,1-5H3,(H2,22,23,24). The van der Waals surface area contributed by atoms with E-state index in [2.05, 4.69) is 24.5 Å². The Hall–Kier alpha value is -2.63. The number of nitrogens with one attached hydrogen (secondary N) is 2. The monoisotopic (exact) mass is 372 g/mol. The lowest BCUT2D eigenvalue weighted by Gasteiger charge is -2.34. The normalized spacial score (nSPS) is 17.7. The first-order chi connectivity index (χ1) is 12.8. The van der Waals surface area contributed by atoms with E-state index in [1.807, 2.05) is 25.1 Å². The molecule has 1 aromatic heterocycles. The van der Waals surface area contributed by atoms with E-state index in [0.717, 1.165) is 35.5 Å². The van der Waals surface area contributed by atoms with Crippen LogP contribution in [0.3, 0.4) is 0 Å². The molecule has 0 bridgehead atoms. The number of carbonyl (C=O) groups is 1. The Bertz CT molecular complexity index is 826.